The van der Waals surface area contributed by atoms with E-state index in [4.69, 9.17) is 9.84 Å². The van der Waals surface area contributed by atoms with Crippen LogP contribution < -0.4 is 5.32 Å². The van der Waals surface area contributed by atoms with Gasteiger partial charge >= 0.3 is 0 Å². The standard InChI is InChI=1S/C14H23NO2S/c1-11-4-5-14(18-12(2)10-16)13(8-11)9-15-6-7-17-3/h4-5,8,12,15-16H,6-7,9-10H2,1-3H3. The lowest BCUT2D eigenvalue weighted by Crippen LogP contribution is -2.19. The molecule has 3 nitrogen and oxygen atoms in total. The van der Waals surface area contributed by atoms with Gasteiger partial charge in [-0.05, 0) is 18.6 Å². The van der Waals surface area contributed by atoms with Crippen molar-refractivity contribution in [1.82, 2.24) is 5.32 Å². The second kappa shape index (κ2) is 8.53. The van der Waals surface area contributed by atoms with Crippen LogP contribution in [0.5, 0.6) is 0 Å². The van der Waals surface area contributed by atoms with E-state index in [0.717, 1.165) is 19.7 Å². The molecule has 0 spiro atoms. The van der Waals surface area contributed by atoms with Crippen molar-refractivity contribution in [2.45, 2.75) is 30.5 Å². The van der Waals surface area contributed by atoms with Crippen LogP contribution >= 0.6 is 11.8 Å². The molecule has 0 saturated carbocycles. The third-order valence-electron chi connectivity index (χ3n) is 2.60. The Bertz CT molecular complexity index is 358. The van der Waals surface area contributed by atoms with Crippen LogP contribution in [0.15, 0.2) is 23.1 Å². The highest BCUT2D eigenvalue weighted by molar-refractivity contribution is 8.00. The molecule has 4 heteroatoms. The fraction of sp³-hybridized carbons (Fsp3) is 0.571. The third-order valence-corrected chi connectivity index (χ3v) is 3.80. The Kier molecular flexibility index (Phi) is 7.35. The van der Waals surface area contributed by atoms with Gasteiger partial charge in [0, 0.05) is 30.3 Å². The molecule has 0 radical (unpaired) electrons. The smallest absolute Gasteiger partial charge is 0.0587 e. The van der Waals surface area contributed by atoms with Gasteiger partial charge in [0.2, 0.25) is 0 Å². The Balaban J connectivity index is 2.64. The largest absolute Gasteiger partial charge is 0.395 e. The molecular weight excluding hydrogens is 246 g/mol. The summed E-state index contributed by atoms with van der Waals surface area (Å²) in [7, 11) is 1.71. The number of hydrogen-bond acceptors (Lipinski definition) is 4. The fourth-order valence-corrected chi connectivity index (χ4v) is 2.55. The number of benzene rings is 1. The van der Waals surface area contributed by atoms with Crippen LogP contribution in [-0.4, -0.2) is 37.2 Å². The maximum absolute atomic E-state index is 9.13. The van der Waals surface area contributed by atoms with E-state index in [1.807, 2.05) is 6.92 Å². The number of methoxy groups -OCH3 is 1. The van der Waals surface area contributed by atoms with Gasteiger partial charge in [0.1, 0.15) is 0 Å². The Morgan fingerprint density at radius 3 is 2.89 bits per heavy atom. The average molecular weight is 269 g/mol. The summed E-state index contributed by atoms with van der Waals surface area (Å²) in [6.45, 7) is 6.75. The van der Waals surface area contributed by atoms with Gasteiger partial charge < -0.3 is 15.2 Å². The molecule has 2 N–H and O–H groups in total. The van der Waals surface area contributed by atoms with Gasteiger partial charge in [-0.2, -0.15) is 0 Å². The highest BCUT2D eigenvalue weighted by Crippen LogP contribution is 2.27. The average Bonchev–Trinajstić information content (AvgIpc) is 2.37. The van der Waals surface area contributed by atoms with Gasteiger partial charge in [0.05, 0.1) is 13.2 Å². The van der Waals surface area contributed by atoms with Crippen molar-refractivity contribution < 1.29 is 9.84 Å². The predicted molar refractivity (Wildman–Crippen MR) is 77.2 cm³/mol. The van der Waals surface area contributed by atoms with Crippen LogP contribution in [0.3, 0.4) is 0 Å². The molecule has 0 aliphatic rings. The molecule has 0 fully saturated rings. The second-order valence-corrected chi connectivity index (χ2v) is 5.87. The van der Waals surface area contributed by atoms with Crippen molar-refractivity contribution in [3.05, 3.63) is 29.3 Å². The van der Waals surface area contributed by atoms with Gasteiger partial charge in [0.25, 0.3) is 0 Å². The number of aliphatic hydroxyl groups excluding tert-OH is 1. The van der Waals surface area contributed by atoms with E-state index >= 15 is 0 Å². The Morgan fingerprint density at radius 2 is 2.22 bits per heavy atom. The zero-order chi connectivity index (χ0) is 13.4. The highest BCUT2D eigenvalue weighted by Gasteiger charge is 2.07. The van der Waals surface area contributed by atoms with E-state index in [-0.39, 0.29) is 11.9 Å². The first-order chi connectivity index (χ1) is 8.67. The van der Waals surface area contributed by atoms with E-state index in [1.54, 1.807) is 18.9 Å². The summed E-state index contributed by atoms with van der Waals surface area (Å²) < 4.78 is 5.01. The van der Waals surface area contributed by atoms with E-state index < -0.39 is 0 Å². The third kappa shape index (κ3) is 5.40. The van der Waals surface area contributed by atoms with Crippen molar-refractivity contribution in [2.24, 2.45) is 0 Å². The number of aryl methyl sites for hydroxylation is 1. The van der Waals surface area contributed by atoms with Gasteiger partial charge in [-0.25, -0.2) is 0 Å². The minimum absolute atomic E-state index is 0.203. The molecule has 0 heterocycles. The summed E-state index contributed by atoms with van der Waals surface area (Å²) in [4.78, 5) is 1.24. The van der Waals surface area contributed by atoms with Crippen molar-refractivity contribution in [3.63, 3.8) is 0 Å². The van der Waals surface area contributed by atoms with Crippen molar-refractivity contribution >= 4 is 11.8 Å². The molecule has 0 aromatic heterocycles. The first-order valence-corrected chi connectivity index (χ1v) is 7.12. The molecule has 1 unspecified atom stereocenters. The van der Waals surface area contributed by atoms with Crippen LogP contribution in [0.1, 0.15) is 18.1 Å². The summed E-state index contributed by atoms with van der Waals surface area (Å²) in [5, 5.41) is 12.7. The molecule has 0 aliphatic carbocycles. The predicted octanol–water partition coefficient (Wildman–Crippen LogP) is 2.20. The molecule has 0 saturated heterocycles. The summed E-state index contributed by atoms with van der Waals surface area (Å²) in [6, 6.07) is 6.46. The number of rotatable bonds is 8. The van der Waals surface area contributed by atoms with Crippen LogP contribution in [0.25, 0.3) is 0 Å². The highest BCUT2D eigenvalue weighted by atomic mass is 32.2. The zero-order valence-electron chi connectivity index (χ0n) is 11.4. The summed E-state index contributed by atoms with van der Waals surface area (Å²) in [5.74, 6) is 0. The Labute approximate surface area is 114 Å². The van der Waals surface area contributed by atoms with E-state index in [1.165, 1.54) is 16.0 Å². The van der Waals surface area contributed by atoms with Crippen LogP contribution in [0, 0.1) is 6.92 Å². The minimum Gasteiger partial charge on any atom is -0.395 e. The SMILES string of the molecule is COCCNCc1cc(C)ccc1SC(C)CO. The summed E-state index contributed by atoms with van der Waals surface area (Å²) in [6.07, 6.45) is 0. The van der Waals surface area contributed by atoms with Gasteiger partial charge in [-0.1, -0.05) is 24.6 Å². The molecule has 1 rings (SSSR count). The first kappa shape index (κ1) is 15.5. The van der Waals surface area contributed by atoms with E-state index in [9.17, 15) is 0 Å². The minimum atomic E-state index is 0.203. The van der Waals surface area contributed by atoms with E-state index in [2.05, 4.69) is 30.4 Å². The maximum Gasteiger partial charge on any atom is 0.0587 e. The Morgan fingerprint density at radius 1 is 1.44 bits per heavy atom. The Hall–Kier alpha value is -0.550. The molecule has 0 aliphatic heterocycles. The molecule has 1 aromatic carbocycles. The van der Waals surface area contributed by atoms with Crippen LogP contribution in [0.4, 0.5) is 0 Å². The van der Waals surface area contributed by atoms with E-state index in [0.29, 0.717) is 0 Å². The zero-order valence-corrected chi connectivity index (χ0v) is 12.2. The lowest BCUT2D eigenvalue weighted by Gasteiger charge is -2.14. The molecular formula is C14H23NO2S. The number of hydrogen-bond donors (Lipinski definition) is 2. The first-order valence-electron chi connectivity index (χ1n) is 6.24. The normalized spacial score (nSPS) is 12.7. The molecule has 102 valence electrons. The van der Waals surface area contributed by atoms with Crippen LogP contribution in [-0.2, 0) is 11.3 Å². The van der Waals surface area contributed by atoms with Crippen molar-refractivity contribution in [1.29, 1.82) is 0 Å². The number of nitrogens with one attached hydrogen (secondary N) is 1. The maximum atomic E-state index is 9.13. The summed E-state index contributed by atoms with van der Waals surface area (Å²) >= 11 is 1.72. The van der Waals surface area contributed by atoms with Gasteiger partial charge in [0.15, 0.2) is 0 Å². The van der Waals surface area contributed by atoms with Gasteiger partial charge in [-0.15, -0.1) is 11.8 Å². The topological polar surface area (TPSA) is 41.5 Å². The lowest BCUT2D eigenvalue weighted by molar-refractivity contribution is 0.199. The molecule has 0 amide bonds. The second-order valence-electron chi connectivity index (χ2n) is 4.39. The van der Waals surface area contributed by atoms with Crippen molar-refractivity contribution in [3.8, 4) is 0 Å². The molecule has 1 atom stereocenters. The number of ether oxygens (including phenoxy) is 1. The molecule has 18 heavy (non-hydrogen) atoms. The number of thioether (sulfide) groups is 1. The fourth-order valence-electron chi connectivity index (χ4n) is 1.61. The monoisotopic (exact) mass is 269 g/mol. The quantitative estimate of drug-likeness (QED) is 0.561. The van der Waals surface area contributed by atoms with Gasteiger partial charge in [-0.3, -0.25) is 0 Å². The molecule has 1 aromatic rings. The van der Waals surface area contributed by atoms with Crippen molar-refractivity contribution in [2.75, 3.05) is 26.9 Å². The number of aliphatic hydroxyl groups is 1. The van der Waals surface area contributed by atoms with Crippen LogP contribution in [0.2, 0.25) is 0 Å². The molecule has 0 bridgehead atoms. The summed E-state index contributed by atoms with van der Waals surface area (Å²) in [5.41, 5.74) is 2.55. The lowest BCUT2D eigenvalue weighted by atomic mass is 10.1.